The minimum Gasteiger partial charge on any atom is -0.310 e. The van der Waals surface area contributed by atoms with Crippen LogP contribution >= 0.6 is 0 Å². The summed E-state index contributed by atoms with van der Waals surface area (Å²) in [6.45, 7) is 4.70. The van der Waals surface area contributed by atoms with Gasteiger partial charge in [-0.2, -0.15) is 0 Å². The zero-order valence-corrected chi connectivity index (χ0v) is 25.4. The molecule has 7 aromatic carbocycles. The zero-order chi connectivity index (χ0) is 30.1. The quantitative estimate of drug-likeness (QED) is 0.202. The van der Waals surface area contributed by atoms with E-state index in [1.807, 2.05) is 0 Å². The molecule has 0 spiro atoms. The zero-order valence-electron chi connectivity index (χ0n) is 25.4. The Morgan fingerprint density at radius 2 is 1.18 bits per heavy atom. The Balaban J connectivity index is 1.31. The molecule has 0 aliphatic heterocycles. The third-order valence-electron chi connectivity index (χ3n) is 9.74. The molecule has 1 aliphatic rings. The lowest BCUT2D eigenvalue weighted by molar-refractivity contribution is 0.661. The highest BCUT2D eigenvalue weighted by Gasteiger charge is 2.35. The highest BCUT2D eigenvalue weighted by molar-refractivity contribution is 6.11. The first-order chi connectivity index (χ1) is 22.1. The van der Waals surface area contributed by atoms with E-state index in [-0.39, 0.29) is 5.41 Å². The second-order valence-corrected chi connectivity index (χ2v) is 12.6. The van der Waals surface area contributed by atoms with Crippen LogP contribution in [0.2, 0.25) is 0 Å². The Bertz CT molecular complexity index is 2400. The molecule has 0 fully saturated rings. The lowest BCUT2D eigenvalue weighted by Gasteiger charge is -2.28. The van der Waals surface area contributed by atoms with Gasteiger partial charge < -0.3 is 9.47 Å². The number of hydrogen-bond acceptors (Lipinski definition) is 1. The van der Waals surface area contributed by atoms with Gasteiger partial charge in [-0.25, -0.2) is 0 Å². The minimum absolute atomic E-state index is 0.0345. The van der Waals surface area contributed by atoms with E-state index in [0.717, 1.165) is 11.4 Å². The first kappa shape index (κ1) is 25.9. The van der Waals surface area contributed by atoms with Crippen LogP contribution < -0.4 is 4.90 Å². The van der Waals surface area contributed by atoms with Crippen molar-refractivity contribution in [1.82, 2.24) is 4.57 Å². The van der Waals surface area contributed by atoms with Gasteiger partial charge in [-0.1, -0.05) is 105 Å². The van der Waals surface area contributed by atoms with Gasteiger partial charge in [-0.15, -0.1) is 0 Å². The SMILES string of the molecule is CC1(C)c2ccccc2-c2cc3c(N(c4ccccc4)c4ccc5c(c4)c4ccccc4n5-c4ccccc4)cccc3cc21. The molecule has 1 aliphatic carbocycles. The van der Waals surface area contributed by atoms with Crippen molar-refractivity contribution in [2.24, 2.45) is 0 Å². The first-order valence-electron chi connectivity index (χ1n) is 15.7. The number of para-hydroxylation sites is 3. The molecule has 8 aromatic rings. The van der Waals surface area contributed by atoms with Crippen LogP contribution in [0.1, 0.15) is 25.0 Å². The van der Waals surface area contributed by atoms with E-state index < -0.39 is 0 Å². The van der Waals surface area contributed by atoms with Gasteiger partial charge >= 0.3 is 0 Å². The van der Waals surface area contributed by atoms with Crippen molar-refractivity contribution in [3.63, 3.8) is 0 Å². The summed E-state index contributed by atoms with van der Waals surface area (Å²) < 4.78 is 2.38. The van der Waals surface area contributed by atoms with Crippen LogP contribution in [-0.4, -0.2) is 4.57 Å². The predicted molar refractivity (Wildman–Crippen MR) is 191 cm³/mol. The third-order valence-corrected chi connectivity index (χ3v) is 9.74. The average Bonchev–Trinajstić information content (AvgIpc) is 3.53. The topological polar surface area (TPSA) is 8.17 Å². The molecule has 1 heterocycles. The van der Waals surface area contributed by atoms with E-state index in [4.69, 9.17) is 0 Å². The maximum atomic E-state index is 2.43. The average molecular weight is 577 g/mol. The minimum atomic E-state index is -0.0345. The molecule has 0 atom stereocenters. The monoisotopic (exact) mass is 576 g/mol. The lowest BCUT2D eigenvalue weighted by atomic mass is 9.82. The molecule has 0 unspecified atom stereocenters. The van der Waals surface area contributed by atoms with Crippen molar-refractivity contribution >= 4 is 49.6 Å². The molecule has 2 nitrogen and oxygen atoms in total. The predicted octanol–water partition coefficient (Wildman–Crippen LogP) is 11.7. The van der Waals surface area contributed by atoms with Crippen LogP contribution in [0.25, 0.3) is 49.4 Å². The summed E-state index contributed by atoms with van der Waals surface area (Å²) >= 11 is 0. The molecule has 2 heteroatoms. The fraction of sp³-hybridized carbons (Fsp3) is 0.0698. The number of nitrogens with zero attached hydrogens (tertiary/aromatic N) is 2. The summed E-state index contributed by atoms with van der Waals surface area (Å²) in [6.07, 6.45) is 0. The number of benzene rings is 7. The van der Waals surface area contributed by atoms with E-state index in [1.54, 1.807) is 0 Å². The Morgan fingerprint density at radius 1 is 0.467 bits per heavy atom. The van der Waals surface area contributed by atoms with Gasteiger partial charge in [0.1, 0.15) is 0 Å². The summed E-state index contributed by atoms with van der Waals surface area (Å²) in [6, 6.07) is 57.6. The van der Waals surface area contributed by atoms with Crippen LogP contribution in [0.15, 0.2) is 158 Å². The second-order valence-electron chi connectivity index (χ2n) is 12.6. The molecule has 1 aromatic heterocycles. The third kappa shape index (κ3) is 3.82. The van der Waals surface area contributed by atoms with E-state index in [0.29, 0.717) is 0 Å². The maximum Gasteiger partial charge on any atom is 0.0542 e. The smallest absolute Gasteiger partial charge is 0.0542 e. The summed E-state index contributed by atoms with van der Waals surface area (Å²) in [4.78, 5) is 2.43. The van der Waals surface area contributed by atoms with Gasteiger partial charge in [0, 0.05) is 38.6 Å². The maximum absolute atomic E-state index is 2.43. The Labute approximate surface area is 263 Å². The van der Waals surface area contributed by atoms with Crippen LogP contribution in [0.5, 0.6) is 0 Å². The van der Waals surface area contributed by atoms with E-state index in [9.17, 15) is 0 Å². The van der Waals surface area contributed by atoms with Gasteiger partial charge in [0.25, 0.3) is 0 Å². The van der Waals surface area contributed by atoms with Crippen molar-refractivity contribution in [3.8, 4) is 16.8 Å². The number of fused-ring (bicyclic) bond motifs is 7. The Hall–Kier alpha value is -5.60. The van der Waals surface area contributed by atoms with Gasteiger partial charge in [0.2, 0.25) is 0 Å². The van der Waals surface area contributed by atoms with Crippen LogP contribution in [0.3, 0.4) is 0 Å². The largest absolute Gasteiger partial charge is 0.310 e. The Kier molecular flexibility index (Phi) is 5.58. The highest BCUT2D eigenvalue weighted by Crippen LogP contribution is 2.51. The number of hydrogen-bond donors (Lipinski definition) is 0. The van der Waals surface area contributed by atoms with Gasteiger partial charge in [-0.3, -0.25) is 0 Å². The van der Waals surface area contributed by atoms with Crippen molar-refractivity contribution in [1.29, 1.82) is 0 Å². The molecule has 0 bridgehead atoms. The number of anilines is 3. The van der Waals surface area contributed by atoms with Gasteiger partial charge in [-0.05, 0) is 94.4 Å². The molecule has 0 amide bonds. The molecule has 45 heavy (non-hydrogen) atoms. The summed E-state index contributed by atoms with van der Waals surface area (Å²) in [7, 11) is 0. The molecular formula is C43H32N2. The van der Waals surface area contributed by atoms with Crippen molar-refractivity contribution in [3.05, 3.63) is 169 Å². The van der Waals surface area contributed by atoms with Crippen molar-refractivity contribution in [2.75, 3.05) is 4.90 Å². The van der Waals surface area contributed by atoms with Crippen molar-refractivity contribution in [2.45, 2.75) is 19.3 Å². The highest BCUT2D eigenvalue weighted by atomic mass is 15.1. The fourth-order valence-corrected chi connectivity index (χ4v) is 7.61. The van der Waals surface area contributed by atoms with E-state index >= 15 is 0 Å². The summed E-state index contributed by atoms with van der Waals surface area (Å²) in [5.41, 5.74) is 12.5. The van der Waals surface area contributed by atoms with Crippen LogP contribution in [-0.2, 0) is 5.41 Å². The standard InChI is InChI=1S/C43H32N2/c1-43(2)38-21-11-9-19-33(38)36-28-35-29(26-39(36)43)14-13-23-41(35)44(30-15-5-3-6-16-30)32-24-25-42-37(27-32)34-20-10-12-22-40(34)45(42)31-17-7-4-8-18-31/h3-28H,1-2H3. The first-order valence-corrected chi connectivity index (χ1v) is 15.7. The van der Waals surface area contributed by atoms with E-state index in [1.165, 1.54) is 66.2 Å². The molecule has 9 rings (SSSR count). The number of rotatable bonds is 4. The molecule has 214 valence electrons. The lowest BCUT2D eigenvalue weighted by Crippen LogP contribution is -2.15. The summed E-state index contributed by atoms with van der Waals surface area (Å²) in [5.74, 6) is 0. The normalized spacial score (nSPS) is 13.3. The van der Waals surface area contributed by atoms with Gasteiger partial charge in [0.15, 0.2) is 0 Å². The van der Waals surface area contributed by atoms with Crippen molar-refractivity contribution < 1.29 is 0 Å². The molecule has 0 saturated carbocycles. The molecular weight excluding hydrogens is 544 g/mol. The molecule has 0 radical (unpaired) electrons. The Morgan fingerprint density at radius 3 is 2.02 bits per heavy atom. The second kappa shape index (κ2) is 9.70. The fourth-order valence-electron chi connectivity index (χ4n) is 7.61. The van der Waals surface area contributed by atoms with Crippen LogP contribution in [0.4, 0.5) is 17.1 Å². The summed E-state index contributed by atoms with van der Waals surface area (Å²) in [5, 5.41) is 5.00. The number of aromatic nitrogens is 1. The molecule has 0 N–H and O–H groups in total. The van der Waals surface area contributed by atoms with Crippen LogP contribution in [0, 0.1) is 0 Å². The molecule has 0 saturated heterocycles. The van der Waals surface area contributed by atoms with Gasteiger partial charge in [0.05, 0.1) is 16.7 Å². The van der Waals surface area contributed by atoms with E-state index in [2.05, 4.69) is 181 Å².